The van der Waals surface area contributed by atoms with E-state index >= 15 is 0 Å². The topological polar surface area (TPSA) is 26.3 Å². The summed E-state index contributed by atoms with van der Waals surface area (Å²) in [5.41, 5.74) is 0. The Morgan fingerprint density at radius 2 is 2.23 bits per heavy atom. The summed E-state index contributed by atoms with van der Waals surface area (Å²) in [4.78, 5) is 11.7. The summed E-state index contributed by atoms with van der Waals surface area (Å²) >= 11 is 0. The van der Waals surface area contributed by atoms with E-state index in [1.54, 1.807) is 7.11 Å². The van der Waals surface area contributed by atoms with Crippen molar-refractivity contribution in [2.75, 3.05) is 13.7 Å². The molecule has 2 atom stereocenters. The number of rotatable bonds is 3. The number of Topliss-reactive ketones (excluding diaryl/α,β-unsaturated/α-hetero) is 1. The van der Waals surface area contributed by atoms with E-state index in [-0.39, 0.29) is 5.92 Å². The third-order valence-electron chi connectivity index (χ3n) is 2.97. The Bertz CT molecular complexity index is 165. The Hall–Kier alpha value is -0.370. The van der Waals surface area contributed by atoms with Crippen molar-refractivity contribution in [1.82, 2.24) is 0 Å². The van der Waals surface area contributed by atoms with E-state index in [9.17, 15) is 4.79 Å². The molecule has 1 rings (SSSR count). The van der Waals surface area contributed by atoms with E-state index in [4.69, 9.17) is 4.74 Å². The summed E-state index contributed by atoms with van der Waals surface area (Å²) in [6.45, 7) is 2.84. The van der Waals surface area contributed by atoms with Crippen molar-refractivity contribution in [2.45, 2.75) is 39.0 Å². The maximum absolute atomic E-state index is 11.7. The van der Waals surface area contributed by atoms with Crippen LogP contribution in [0, 0.1) is 11.8 Å². The highest BCUT2D eigenvalue weighted by Gasteiger charge is 2.25. The predicted octanol–water partition coefficient (Wildman–Crippen LogP) is 2.42. The van der Waals surface area contributed by atoms with Crippen LogP contribution in [0.15, 0.2) is 0 Å². The van der Waals surface area contributed by atoms with Crippen molar-refractivity contribution in [1.29, 1.82) is 0 Å². The van der Waals surface area contributed by atoms with Gasteiger partial charge in [-0.05, 0) is 18.8 Å². The molecule has 0 aromatic rings. The van der Waals surface area contributed by atoms with Crippen molar-refractivity contribution in [3.8, 4) is 0 Å². The summed E-state index contributed by atoms with van der Waals surface area (Å²) in [6.07, 6.45) is 5.39. The lowest BCUT2D eigenvalue weighted by Crippen LogP contribution is -2.23. The average molecular weight is 184 g/mol. The molecule has 0 radical (unpaired) electrons. The first-order valence-corrected chi connectivity index (χ1v) is 5.27. The van der Waals surface area contributed by atoms with Crippen LogP contribution in [0.3, 0.4) is 0 Å². The van der Waals surface area contributed by atoms with Gasteiger partial charge in [0.1, 0.15) is 5.78 Å². The average Bonchev–Trinajstić information content (AvgIpc) is 2.30. The maximum Gasteiger partial charge on any atom is 0.136 e. The fourth-order valence-corrected chi connectivity index (χ4v) is 2.17. The highest BCUT2D eigenvalue weighted by Crippen LogP contribution is 2.26. The zero-order valence-corrected chi connectivity index (χ0v) is 8.71. The first-order valence-electron chi connectivity index (χ1n) is 5.27. The first-order chi connectivity index (χ1) is 6.25. The van der Waals surface area contributed by atoms with Gasteiger partial charge in [0.25, 0.3) is 0 Å². The van der Waals surface area contributed by atoms with Gasteiger partial charge in [0, 0.05) is 26.1 Å². The summed E-state index contributed by atoms with van der Waals surface area (Å²) in [6, 6.07) is 0. The Morgan fingerprint density at radius 3 is 2.92 bits per heavy atom. The second kappa shape index (κ2) is 5.38. The molecule has 76 valence electrons. The van der Waals surface area contributed by atoms with Gasteiger partial charge in [0.05, 0.1) is 0 Å². The molecule has 2 heteroatoms. The molecule has 0 aromatic heterocycles. The smallest absolute Gasteiger partial charge is 0.136 e. The third kappa shape index (κ3) is 3.11. The predicted molar refractivity (Wildman–Crippen MR) is 52.6 cm³/mol. The van der Waals surface area contributed by atoms with Crippen LogP contribution in [-0.2, 0) is 9.53 Å². The van der Waals surface area contributed by atoms with Crippen molar-refractivity contribution in [3.05, 3.63) is 0 Å². The minimum absolute atomic E-state index is 0.266. The minimum Gasteiger partial charge on any atom is -0.384 e. The van der Waals surface area contributed by atoms with Crippen molar-refractivity contribution in [2.24, 2.45) is 11.8 Å². The number of hydrogen-bond donors (Lipinski definition) is 0. The highest BCUT2D eigenvalue weighted by atomic mass is 16.5. The van der Waals surface area contributed by atoms with Crippen molar-refractivity contribution >= 4 is 5.78 Å². The fourth-order valence-electron chi connectivity index (χ4n) is 2.17. The summed E-state index contributed by atoms with van der Waals surface area (Å²) in [5.74, 6) is 1.13. The quantitative estimate of drug-likeness (QED) is 0.630. The summed E-state index contributed by atoms with van der Waals surface area (Å²) in [5, 5.41) is 0. The zero-order valence-electron chi connectivity index (χ0n) is 8.71. The van der Waals surface area contributed by atoms with Crippen molar-refractivity contribution in [3.63, 3.8) is 0 Å². The van der Waals surface area contributed by atoms with Gasteiger partial charge in [0.2, 0.25) is 0 Å². The van der Waals surface area contributed by atoms with Crippen LogP contribution in [0.25, 0.3) is 0 Å². The van der Waals surface area contributed by atoms with Gasteiger partial charge in [-0.15, -0.1) is 0 Å². The van der Waals surface area contributed by atoms with E-state index in [0.717, 1.165) is 25.9 Å². The van der Waals surface area contributed by atoms with E-state index in [1.165, 1.54) is 12.8 Å². The Balaban J connectivity index is 2.48. The summed E-state index contributed by atoms with van der Waals surface area (Å²) in [7, 11) is 1.71. The molecule has 1 fully saturated rings. The molecule has 1 aliphatic carbocycles. The monoisotopic (exact) mass is 184 g/mol. The second-order valence-corrected chi connectivity index (χ2v) is 4.10. The molecule has 1 aliphatic rings. The molecule has 0 heterocycles. The molecule has 0 aliphatic heterocycles. The van der Waals surface area contributed by atoms with E-state index in [2.05, 4.69) is 6.92 Å². The van der Waals surface area contributed by atoms with Gasteiger partial charge < -0.3 is 4.74 Å². The normalized spacial score (nSPS) is 26.9. The number of carbonyl (C=O) groups excluding carboxylic acids is 1. The Kier molecular flexibility index (Phi) is 4.43. The van der Waals surface area contributed by atoms with Crippen LogP contribution >= 0.6 is 0 Å². The van der Waals surface area contributed by atoms with Crippen LogP contribution < -0.4 is 0 Å². The fraction of sp³-hybridized carbons (Fsp3) is 0.909. The molecule has 1 saturated carbocycles. The second-order valence-electron chi connectivity index (χ2n) is 4.10. The molecular formula is C11H20O2. The molecule has 2 unspecified atom stereocenters. The van der Waals surface area contributed by atoms with Gasteiger partial charge in [-0.1, -0.05) is 19.8 Å². The van der Waals surface area contributed by atoms with Crippen LogP contribution in [0.2, 0.25) is 0 Å². The summed E-state index contributed by atoms with van der Waals surface area (Å²) < 4.78 is 5.09. The molecule has 0 N–H and O–H groups in total. The Morgan fingerprint density at radius 1 is 1.46 bits per heavy atom. The Labute approximate surface area is 80.7 Å². The van der Waals surface area contributed by atoms with Gasteiger partial charge in [0.15, 0.2) is 0 Å². The largest absolute Gasteiger partial charge is 0.384 e. The van der Waals surface area contributed by atoms with E-state index in [1.807, 2.05) is 0 Å². The van der Waals surface area contributed by atoms with Crippen LogP contribution in [0.1, 0.15) is 39.0 Å². The van der Waals surface area contributed by atoms with E-state index in [0.29, 0.717) is 11.7 Å². The lowest BCUT2D eigenvalue weighted by atomic mass is 9.87. The van der Waals surface area contributed by atoms with E-state index < -0.39 is 0 Å². The molecule has 0 bridgehead atoms. The minimum atomic E-state index is 0.266. The number of ketones is 1. The molecule has 13 heavy (non-hydrogen) atoms. The van der Waals surface area contributed by atoms with Crippen molar-refractivity contribution < 1.29 is 9.53 Å². The third-order valence-corrected chi connectivity index (χ3v) is 2.97. The van der Waals surface area contributed by atoms with Crippen LogP contribution in [-0.4, -0.2) is 19.5 Å². The molecule has 0 spiro atoms. The number of hydrogen-bond acceptors (Lipinski definition) is 2. The van der Waals surface area contributed by atoms with Gasteiger partial charge in [-0.25, -0.2) is 0 Å². The molecule has 0 amide bonds. The highest BCUT2D eigenvalue weighted by molar-refractivity contribution is 5.81. The molecular weight excluding hydrogens is 164 g/mol. The SMILES string of the molecule is COCC(C)C1CCCCCC1=O. The molecule has 0 saturated heterocycles. The lowest BCUT2D eigenvalue weighted by Gasteiger charge is -2.20. The number of ether oxygens (including phenoxy) is 1. The van der Waals surface area contributed by atoms with Crippen LogP contribution in [0.5, 0.6) is 0 Å². The lowest BCUT2D eigenvalue weighted by molar-refractivity contribution is -0.124. The molecule has 2 nitrogen and oxygen atoms in total. The molecule has 0 aromatic carbocycles. The number of carbonyl (C=O) groups is 1. The number of methoxy groups -OCH3 is 1. The van der Waals surface area contributed by atoms with Gasteiger partial charge in [-0.3, -0.25) is 4.79 Å². The zero-order chi connectivity index (χ0) is 9.68. The first kappa shape index (κ1) is 10.7. The maximum atomic E-state index is 11.7. The van der Waals surface area contributed by atoms with Gasteiger partial charge in [-0.2, -0.15) is 0 Å². The standard InChI is InChI=1S/C11H20O2/c1-9(8-13-2)10-6-4-3-5-7-11(10)12/h9-10H,3-8H2,1-2H3. The van der Waals surface area contributed by atoms with Gasteiger partial charge >= 0.3 is 0 Å². The van der Waals surface area contributed by atoms with Crippen LogP contribution in [0.4, 0.5) is 0 Å².